The van der Waals surface area contributed by atoms with Crippen LogP contribution in [-0.4, -0.2) is 34.8 Å². The summed E-state index contributed by atoms with van der Waals surface area (Å²) in [4.78, 5) is 17.7. The van der Waals surface area contributed by atoms with E-state index in [0.29, 0.717) is 29.8 Å². The van der Waals surface area contributed by atoms with E-state index in [4.69, 9.17) is 4.74 Å². The molecular formula is C22H22N4O2. The summed E-state index contributed by atoms with van der Waals surface area (Å²) < 4.78 is 7.60. The summed E-state index contributed by atoms with van der Waals surface area (Å²) in [6, 6.07) is 18.2. The molecule has 1 aliphatic carbocycles. The summed E-state index contributed by atoms with van der Waals surface area (Å²) in [5, 5.41) is 4.27. The van der Waals surface area contributed by atoms with Gasteiger partial charge in [0.05, 0.1) is 17.6 Å². The quantitative estimate of drug-likeness (QED) is 0.696. The second-order valence-corrected chi connectivity index (χ2v) is 7.27. The number of carbonyl (C=O) groups excluding carboxylic acids is 1. The second kappa shape index (κ2) is 6.71. The van der Waals surface area contributed by atoms with E-state index in [1.165, 1.54) is 12.8 Å². The van der Waals surface area contributed by atoms with Crippen molar-refractivity contribution in [3.8, 4) is 11.6 Å². The zero-order valence-electron chi connectivity index (χ0n) is 15.8. The summed E-state index contributed by atoms with van der Waals surface area (Å²) in [6.07, 6.45) is 4.07. The number of fused-ring (bicyclic) bond motifs is 1. The Kier molecular flexibility index (Phi) is 4.04. The van der Waals surface area contributed by atoms with Crippen LogP contribution in [0.1, 0.15) is 23.2 Å². The summed E-state index contributed by atoms with van der Waals surface area (Å²) in [7, 11) is 1.79. The number of anilines is 2. The van der Waals surface area contributed by atoms with E-state index in [9.17, 15) is 4.79 Å². The van der Waals surface area contributed by atoms with Crippen LogP contribution in [0.2, 0.25) is 0 Å². The van der Waals surface area contributed by atoms with E-state index >= 15 is 0 Å². The van der Waals surface area contributed by atoms with E-state index < -0.39 is 0 Å². The molecule has 0 bridgehead atoms. The van der Waals surface area contributed by atoms with Gasteiger partial charge in [-0.15, -0.1) is 0 Å². The maximum Gasteiger partial charge on any atom is 0.265 e. The predicted molar refractivity (Wildman–Crippen MR) is 108 cm³/mol. The van der Waals surface area contributed by atoms with Crippen LogP contribution in [0.25, 0.3) is 0 Å². The first-order valence-electron chi connectivity index (χ1n) is 9.65. The van der Waals surface area contributed by atoms with Crippen LogP contribution in [0.3, 0.4) is 0 Å². The maximum absolute atomic E-state index is 13.5. The van der Waals surface area contributed by atoms with Gasteiger partial charge in [0, 0.05) is 26.2 Å². The first-order valence-corrected chi connectivity index (χ1v) is 9.65. The monoisotopic (exact) mass is 374 g/mol. The molecule has 2 aromatic carbocycles. The topological polar surface area (TPSA) is 50.6 Å². The van der Waals surface area contributed by atoms with Gasteiger partial charge in [-0.2, -0.15) is 5.10 Å². The highest BCUT2D eigenvalue weighted by molar-refractivity contribution is 6.09. The SMILES string of the molecule is Cn1ncc(C(=O)N2CCN(C3CC3)c3ccccc32)c1Oc1ccccc1. The number of hydrogen-bond acceptors (Lipinski definition) is 4. The molecule has 1 aliphatic heterocycles. The lowest BCUT2D eigenvalue weighted by Crippen LogP contribution is -2.45. The maximum atomic E-state index is 13.5. The summed E-state index contributed by atoms with van der Waals surface area (Å²) in [5.74, 6) is 1.05. The van der Waals surface area contributed by atoms with Crippen molar-refractivity contribution in [2.24, 2.45) is 7.05 Å². The predicted octanol–water partition coefficient (Wildman–Crippen LogP) is 3.84. The molecule has 0 atom stereocenters. The number of carbonyl (C=O) groups is 1. The number of hydrogen-bond donors (Lipinski definition) is 0. The number of aryl methyl sites for hydroxylation is 1. The Labute approximate surface area is 163 Å². The molecule has 6 heteroatoms. The minimum absolute atomic E-state index is 0.0815. The molecule has 0 saturated heterocycles. The lowest BCUT2D eigenvalue weighted by Gasteiger charge is -2.37. The molecule has 2 heterocycles. The Morgan fingerprint density at radius 2 is 1.71 bits per heavy atom. The number of benzene rings is 2. The van der Waals surface area contributed by atoms with Gasteiger partial charge in [0.1, 0.15) is 11.3 Å². The highest BCUT2D eigenvalue weighted by Crippen LogP contribution is 2.40. The smallest absolute Gasteiger partial charge is 0.265 e. The number of aromatic nitrogens is 2. The molecule has 0 spiro atoms. The standard InChI is InChI=1S/C22H22N4O2/c1-24-22(28-17-7-3-2-4-8-17)18(15-23-24)21(27)26-14-13-25(16-11-12-16)19-9-5-6-10-20(19)26/h2-10,15-16H,11-14H2,1H3. The van der Waals surface area contributed by atoms with Crippen LogP contribution in [-0.2, 0) is 7.05 Å². The Morgan fingerprint density at radius 1 is 1.00 bits per heavy atom. The zero-order chi connectivity index (χ0) is 19.1. The number of rotatable bonds is 4. The molecule has 1 saturated carbocycles. The third kappa shape index (κ3) is 2.91. The molecule has 142 valence electrons. The molecular weight excluding hydrogens is 352 g/mol. The van der Waals surface area contributed by atoms with Gasteiger partial charge >= 0.3 is 0 Å². The Hall–Kier alpha value is -3.28. The Morgan fingerprint density at radius 3 is 2.46 bits per heavy atom. The molecule has 1 aromatic heterocycles. The van der Waals surface area contributed by atoms with Gasteiger partial charge in [-0.25, -0.2) is 4.68 Å². The normalized spacial score (nSPS) is 16.0. The van der Waals surface area contributed by atoms with Crippen molar-refractivity contribution in [2.45, 2.75) is 18.9 Å². The molecule has 6 nitrogen and oxygen atoms in total. The molecule has 3 aromatic rings. The first kappa shape index (κ1) is 16.9. The summed E-state index contributed by atoms with van der Waals surface area (Å²) in [5.41, 5.74) is 2.57. The van der Waals surface area contributed by atoms with Crippen LogP contribution < -0.4 is 14.5 Å². The fourth-order valence-electron chi connectivity index (χ4n) is 3.80. The van der Waals surface area contributed by atoms with E-state index in [2.05, 4.69) is 16.1 Å². The van der Waals surface area contributed by atoms with Crippen molar-refractivity contribution in [2.75, 3.05) is 22.9 Å². The zero-order valence-corrected chi connectivity index (χ0v) is 15.8. The third-order valence-corrected chi connectivity index (χ3v) is 5.35. The average Bonchev–Trinajstić information content (AvgIpc) is 3.52. The van der Waals surface area contributed by atoms with Crippen LogP contribution in [0, 0.1) is 0 Å². The number of para-hydroxylation sites is 3. The van der Waals surface area contributed by atoms with E-state index in [1.807, 2.05) is 53.4 Å². The molecule has 5 rings (SSSR count). The molecule has 0 unspecified atom stereocenters. The Balaban J connectivity index is 1.48. The fourth-order valence-corrected chi connectivity index (χ4v) is 3.80. The van der Waals surface area contributed by atoms with Crippen molar-refractivity contribution in [1.82, 2.24) is 9.78 Å². The summed E-state index contributed by atoms with van der Waals surface area (Å²) in [6.45, 7) is 1.51. The van der Waals surface area contributed by atoms with E-state index in [1.54, 1.807) is 17.9 Å². The third-order valence-electron chi connectivity index (χ3n) is 5.35. The first-order chi connectivity index (χ1) is 13.7. The van der Waals surface area contributed by atoms with Gasteiger partial charge in [0.2, 0.25) is 5.88 Å². The van der Waals surface area contributed by atoms with Crippen molar-refractivity contribution >= 4 is 17.3 Å². The Bertz CT molecular complexity index is 1010. The lowest BCUT2D eigenvalue weighted by atomic mass is 10.1. The number of amides is 1. The highest BCUT2D eigenvalue weighted by atomic mass is 16.5. The second-order valence-electron chi connectivity index (χ2n) is 7.27. The molecule has 0 radical (unpaired) electrons. The highest BCUT2D eigenvalue weighted by Gasteiger charge is 2.36. The average molecular weight is 374 g/mol. The summed E-state index contributed by atoms with van der Waals surface area (Å²) >= 11 is 0. The van der Waals surface area contributed by atoms with Crippen molar-refractivity contribution in [1.29, 1.82) is 0 Å². The molecule has 1 amide bonds. The van der Waals surface area contributed by atoms with E-state index in [-0.39, 0.29) is 5.91 Å². The van der Waals surface area contributed by atoms with Gasteiger partial charge in [-0.3, -0.25) is 4.79 Å². The van der Waals surface area contributed by atoms with Gasteiger partial charge in [0.15, 0.2) is 0 Å². The minimum Gasteiger partial charge on any atom is -0.438 e. The molecule has 1 fully saturated rings. The largest absolute Gasteiger partial charge is 0.438 e. The van der Waals surface area contributed by atoms with Crippen LogP contribution in [0.15, 0.2) is 60.8 Å². The van der Waals surface area contributed by atoms with Crippen LogP contribution >= 0.6 is 0 Å². The van der Waals surface area contributed by atoms with Crippen molar-refractivity contribution in [3.63, 3.8) is 0 Å². The van der Waals surface area contributed by atoms with Gasteiger partial charge < -0.3 is 14.5 Å². The fraction of sp³-hybridized carbons (Fsp3) is 0.273. The number of ether oxygens (including phenoxy) is 1. The molecule has 0 N–H and O–H groups in total. The molecule has 2 aliphatic rings. The van der Waals surface area contributed by atoms with Crippen LogP contribution in [0.4, 0.5) is 11.4 Å². The lowest BCUT2D eigenvalue weighted by molar-refractivity contribution is 0.0984. The molecule has 28 heavy (non-hydrogen) atoms. The van der Waals surface area contributed by atoms with Crippen molar-refractivity contribution < 1.29 is 9.53 Å². The van der Waals surface area contributed by atoms with Crippen molar-refractivity contribution in [3.05, 3.63) is 66.4 Å². The van der Waals surface area contributed by atoms with Gasteiger partial charge in [0.25, 0.3) is 5.91 Å². The van der Waals surface area contributed by atoms with Gasteiger partial charge in [-0.05, 0) is 37.1 Å². The van der Waals surface area contributed by atoms with Gasteiger partial charge in [-0.1, -0.05) is 30.3 Å². The van der Waals surface area contributed by atoms with E-state index in [0.717, 1.165) is 17.9 Å². The van der Waals surface area contributed by atoms with Crippen LogP contribution in [0.5, 0.6) is 11.6 Å². The number of nitrogens with zero attached hydrogens (tertiary/aromatic N) is 4. The minimum atomic E-state index is -0.0815.